The second kappa shape index (κ2) is 9.43. The normalized spacial score (nSPS) is 21.2. The van der Waals surface area contributed by atoms with E-state index in [1.54, 1.807) is 0 Å². The monoisotopic (exact) mass is 433 g/mol. The summed E-state index contributed by atoms with van der Waals surface area (Å²) < 4.78 is 0. The Labute approximate surface area is 183 Å². The first-order valence-corrected chi connectivity index (χ1v) is 11.5. The van der Waals surface area contributed by atoms with Gasteiger partial charge in [-0.25, -0.2) is 4.79 Å². The molecule has 0 saturated carbocycles. The molecule has 3 fully saturated rings. The van der Waals surface area contributed by atoms with Gasteiger partial charge in [-0.05, 0) is 50.9 Å². The molecule has 0 atom stereocenters. The number of nitrogens with one attached hydrogen (secondary N) is 1. The second-order valence-electron chi connectivity index (χ2n) is 8.68. The lowest BCUT2D eigenvalue weighted by molar-refractivity contribution is -0.121. The number of anilines is 2. The SMILES string of the molecule is CN1CCN(c2ccc(Cl)cc2NC(=O)C2CCN(C(=O)N3CCCC3)CC2)CC1. The average molecular weight is 434 g/mol. The molecule has 0 aromatic heterocycles. The van der Waals surface area contributed by atoms with Crippen molar-refractivity contribution in [3.8, 4) is 0 Å². The van der Waals surface area contributed by atoms with Gasteiger partial charge in [0.25, 0.3) is 0 Å². The van der Waals surface area contributed by atoms with E-state index in [1.807, 2.05) is 28.0 Å². The third kappa shape index (κ3) is 4.83. The van der Waals surface area contributed by atoms with Crippen LogP contribution >= 0.6 is 11.6 Å². The quantitative estimate of drug-likeness (QED) is 0.796. The first-order chi connectivity index (χ1) is 14.5. The van der Waals surface area contributed by atoms with Crippen molar-refractivity contribution in [3.05, 3.63) is 23.2 Å². The van der Waals surface area contributed by atoms with Crippen LogP contribution in [0.2, 0.25) is 5.02 Å². The zero-order chi connectivity index (χ0) is 21.1. The van der Waals surface area contributed by atoms with Crippen molar-refractivity contribution in [2.45, 2.75) is 25.7 Å². The van der Waals surface area contributed by atoms with Crippen LogP contribution in [0.5, 0.6) is 0 Å². The molecule has 30 heavy (non-hydrogen) atoms. The van der Waals surface area contributed by atoms with Crippen molar-refractivity contribution < 1.29 is 9.59 Å². The van der Waals surface area contributed by atoms with E-state index in [9.17, 15) is 9.59 Å². The zero-order valence-corrected chi connectivity index (χ0v) is 18.5. The van der Waals surface area contributed by atoms with Crippen LogP contribution in [0.3, 0.4) is 0 Å². The molecule has 7 nitrogen and oxygen atoms in total. The van der Waals surface area contributed by atoms with Crippen molar-refractivity contribution in [2.24, 2.45) is 5.92 Å². The first kappa shape index (κ1) is 21.2. The summed E-state index contributed by atoms with van der Waals surface area (Å²) in [6, 6.07) is 5.87. The molecule has 0 spiro atoms. The number of hydrogen-bond acceptors (Lipinski definition) is 4. The summed E-state index contributed by atoms with van der Waals surface area (Å²) in [7, 11) is 2.13. The molecule has 1 aromatic carbocycles. The fourth-order valence-electron chi connectivity index (χ4n) is 4.61. The highest BCUT2D eigenvalue weighted by atomic mass is 35.5. The van der Waals surface area contributed by atoms with Gasteiger partial charge in [0.2, 0.25) is 5.91 Å². The Morgan fingerprint density at radius 3 is 2.23 bits per heavy atom. The summed E-state index contributed by atoms with van der Waals surface area (Å²) in [5, 5.41) is 3.76. The van der Waals surface area contributed by atoms with Crippen LogP contribution in [0, 0.1) is 5.92 Å². The predicted octanol–water partition coefficient (Wildman–Crippen LogP) is 2.96. The topological polar surface area (TPSA) is 59.1 Å². The number of urea groups is 1. The lowest BCUT2D eigenvalue weighted by atomic mass is 9.96. The van der Waals surface area contributed by atoms with Crippen molar-refractivity contribution in [2.75, 3.05) is 69.6 Å². The van der Waals surface area contributed by atoms with E-state index < -0.39 is 0 Å². The molecule has 0 unspecified atom stereocenters. The van der Waals surface area contributed by atoms with Crippen LogP contribution in [0.15, 0.2) is 18.2 Å². The molecular formula is C22H32ClN5O2. The Hall–Kier alpha value is -1.99. The number of benzene rings is 1. The average Bonchev–Trinajstić information content (AvgIpc) is 3.29. The minimum absolute atomic E-state index is 0.0286. The summed E-state index contributed by atoms with van der Waals surface area (Å²) in [5.41, 5.74) is 1.81. The number of carbonyl (C=O) groups excluding carboxylic acids is 2. The predicted molar refractivity (Wildman–Crippen MR) is 120 cm³/mol. The number of carbonyl (C=O) groups is 2. The molecule has 1 aromatic rings. The Morgan fingerprint density at radius 1 is 0.933 bits per heavy atom. The van der Waals surface area contributed by atoms with Gasteiger partial charge in [-0.3, -0.25) is 4.79 Å². The molecule has 4 rings (SSSR count). The minimum Gasteiger partial charge on any atom is -0.367 e. The number of rotatable bonds is 3. The van der Waals surface area contributed by atoms with Gasteiger partial charge in [0.1, 0.15) is 0 Å². The molecule has 3 saturated heterocycles. The molecule has 3 aliphatic heterocycles. The maximum absolute atomic E-state index is 13.0. The van der Waals surface area contributed by atoms with Gasteiger partial charge < -0.3 is 24.9 Å². The highest BCUT2D eigenvalue weighted by Crippen LogP contribution is 2.31. The number of halogens is 1. The van der Waals surface area contributed by atoms with Gasteiger partial charge >= 0.3 is 6.03 Å². The summed E-state index contributed by atoms with van der Waals surface area (Å²) in [6.45, 7) is 6.88. The number of likely N-dealkylation sites (N-methyl/N-ethyl adjacent to an activating group) is 1. The number of piperidine rings is 1. The van der Waals surface area contributed by atoms with Gasteiger partial charge in [-0.15, -0.1) is 0 Å². The van der Waals surface area contributed by atoms with E-state index in [2.05, 4.69) is 22.2 Å². The van der Waals surface area contributed by atoms with E-state index in [0.717, 1.165) is 63.5 Å². The standard InChI is InChI=1S/C22H32ClN5O2/c1-25-12-14-26(15-13-25)20-5-4-18(23)16-19(20)24-21(29)17-6-10-28(11-7-17)22(30)27-8-2-3-9-27/h4-5,16-17H,2-3,6-15H2,1H3,(H,24,29). The number of amides is 3. The van der Waals surface area contributed by atoms with E-state index in [0.29, 0.717) is 31.0 Å². The fourth-order valence-corrected chi connectivity index (χ4v) is 4.78. The van der Waals surface area contributed by atoms with Crippen molar-refractivity contribution >= 4 is 34.9 Å². The highest BCUT2D eigenvalue weighted by Gasteiger charge is 2.31. The van der Waals surface area contributed by atoms with E-state index in [4.69, 9.17) is 11.6 Å². The maximum Gasteiger partial charge on any atom is 0.319 e. The molecule has 3 aliphatic rings. The molecule has 0 aliphatic carbocycles. The van der Waals surface area contributed by atoms with Crippen LogP contribution in [0.1, 0.15) is 25.7 Å². The maximum atomic E-state index is 13.0. The van der Waals surface area contributed by atoms with E-state index >= 15 is 0 Å². The third-order valence-corrected chi connectivity index (χ3v) is 6.81. The smallest absolute Gasteiger partial charge is 0.319 e. The van der Waals surface area contributed by atoms with Gasteiger partial charge in [-0.1, -0.05) is 11.6 Å². The van der Waals surface area contributed by atoms with Crippen LogP contribution in [0.4, 0.5) is 16.2 Å². The lowest BCUT2D eigenvalue weighted by Gasteiger charge is -2.36. The Kier molecular flexibility index (Phi) is 6.68. The van der Waals surface area contributed by atoms with Crippen LogP contribution in [0.25, 0.3) is 0 Å². The molecule has 1 N–H and O–H groups in total. The van der Waals surface area contributed by atoms with Crippen LogP contribution in [-0.2, 0) is 4.79 Å². The molecule has 164 valence electrons. The Morgan fingerprint density at radius 2 is 1.57 bits per heavy atom. The van der Waals surface area contributed by atoms with Gasteiger partial charge in [0, 0.05) is 63.3 Å². The molecule has 3 heterocycles. The van der Waals surface area contributed by atoms with Gasteiger partial charge in [0.15, 0.2) is 0 Å². The number of hydrogen-bond donors (Lipinski definition) is 1. The fraction of sp³-hybridized carbons (Fsp3) is 0.636. The van der Waals surface area contributed by atoms with E-state index in [1.165, 1.54) is 0 Å². The third-order valence-electron chi connectivity index (χ3n) is 6.57. The summed E-state index contributed by atoms with van der Waals surface area (Å²) in [4.78, 5) is 34.0. The Bertz CT molecular complexity index is 767. The molecule has 8 heteroatoms. The second-order valence-corrected chi connectivity index (χ2v) is 9.12. The highest BCUT2D eigenvalue weighted by molar-refractivity contribution is 6.31. The first-order valence-electron chi connectivity index (χ1n) is 11.1. The molecule has 0 bridgehead atoms. The largest absolute Gasteiger partial charge is 0.367 e. The summed E-state index contributed by atoms with van der Waals surface area (Å²) in [5.74, 6) is -0.0483. The minimum atomic E-state index is -0.0769. The number of nitrogens with zero attached hydrogens (tertiary/aromatic N) is 4. The van der Waals surface area contributed by atoms with Gasteiger partial charge in [-0.2, -0.15) is 0 Å². The molecular weight excluding hydrogens is 402 g/mol. The Balaban J connectivity index is 1.36. The molecule has 0 radical (unpaired) electrons. The van der Waals surface area contributed by atoms with Crippen molar-refractivity contribution in [3.63, 3.8) is 0 Å². The molecule has 3 amide bonds. The van der Waals surface area contributed by atoms with Crippen molar-refractivity contribution in [1.82, 2.24) is 14.7 Å². The van der Waals surface area contributed by atoms with Crippen molar-refractivity contribution in [1.29, 1.82) is 0 Å². The van der Waals surface area contributed by atoms with Crippen LogP contribution in [-0.4, -0.2) is 86.0 Å². The lowest BCUT2D eigenvalue weighted by Crippen LogP contribution is -2.47. The summed E-state index contributed by atoms with van der Waals surface area (Å²) in [6.07, 6.45) is 3.60. The number of likely N-dealkylation sites (tertiary alicyclic amines) is 2. The van der Waals surface area contributed by atoms with E-state index in [-0.39, 0.29) is 17.9 Å². The van der Waals surface area contributed by atoms with Crippen LogP contribution < -0.4 is 10.2 Å². The zero-order valence-electron chi connectivity index (χ0n) is 17.8. The number of piperazine rings is 1. The summed E-state index contributed by atoms with van der Waals surface area (Å²) >= 11 is 6.24. The van der Waals surface area contributed by atoms with Gasteiger partial charge in [0.05, 0.1) is 11.4 Å².